The van der Waals surface area contributed by atoms with Crippen LogP contribution in [0.5, 0.6) is 0 Å². The lowest BCUT2D eigenvalue weighted by atomic mass is 10.5. The Balaban J connectivity index is 0.000000128. The second-order valence-electron chi connectivity index (χ2n) is 2.49. The first kappa shape index (κ1) is 9.30. The van der Waals surface area contributed by atoms with Gasteiger partial charge in [-0.25, -0.2) is 0 Å². The van der Waals surface area contributed by atoms with Gasteiger partial charge >= 0.3 is 0 Å². The molecule has 0 fully saturated rings. The van der Waals surface area contributed by atoms with Crippen molar-refractivity contribution in [2.24, 2.45) is 0 Å². The van der Waals surface area contributed by atoms with Crippen LogP contribution in [-0.2, 0) is 0 Å². The SMILES string of the molecule is c1ccsc1.c1cnc2cscc2n1. The second-order valence-corrected chi connectivity index (χ2v) is 4.05. The Morgan fingerprint density at radius 1 is 0.786 bits per heavy atom. The van der Waals surface area contributed by atoms with Crippen LogP contribution in [0.4, 0.5) is 0 Å². The Morgan fingerprint density at radius 2 is 1.36 bits per heavy atom. The first-order valence-electron chi connectivity index (χ1n) is 4.07. The quantitative estimate of drug-likeness (QED) is 0.580. The molecule has 2 nitrogen and oxygen atoms in total. The van der Waals surface area contributed by atoms with Gasteiger partial charge in [0, 0.05) is 23.2 Å². The molecule has 3 rings (SSSR count). The van der Waals surface area contributed by atoms with Gasteiger partial charge in [0.1, 0.15) is 0 Å². The summed E-state index contributed by atoms with van der Waals surface area (Å²) in [6, 6.07) is 4.04. The van der Waals surface area contributed by atoms with Crippen LogP contribution in [0.25, 0.3) is 11.0 Å². The largest absolute Gasteiger partial charge is 0.252 e. The minimum Gasteiger partial charge on any atom is -0.252 e. The molecule has 0 bridgehead atoms. The summed E-state index contributed by atoms with van der Waals surface area (Å²) in [5, 5.41) is 8.06. The van der Waals surface area contributed by atoms with E-state index in [0.29, 0.717) is 0 Å². The van der Waals surface area contributed by atoms with Gasteiger partial charge in [0.2, 0.25) is 0 Å². The van der Waals surface area contributed by atoms with Crippen molar-refractivity contribution >= 4 is 33.7 Å². The Bertz CT molecular complexity index is 426. The first-order valence-corrected chi connectivity index (χ1v) is 5.95. The third kappa shape index (κ3) is 2.37. The standard InChI is InChI=1S/C6H4N2S.C4H4S/c1-2-8-6-4-9-3-5(6)7-1;1-2-4-5-3-1/h1-4H;1-4H. The maximum Gasteiger partial charge on any atom is 0.0993 e. The van der Waals surface area contributed by atoms with Gasteiger partial charge in [0.05, 0.1) is 11.0 Å². The zero-order valence-electron chi connectivity index (χ0n) is 7.33. The summed E-state index contributed by atoms with van der Waals surface area (Å²) in [7, 11) is 0. The number of rotatable bonds is 0. The van der Waals surface area contributed by atoms with E-state index in [9.17, 15) is 0 Å². The summed E-state index contributed by atoms with van der Waals surface area (Å²) in [6.45, 7) is 0. The molecule has 0 saturated heterocycles. The van der Waals surface area contributed by atoms with E-state index in [-0.39, 0.29) is 0 Å². The van der Waals surface area contributed by atoms with Crippen molar-refractivity contribution in [1.82, 2.24) is 9.97 Å². The Hall–Kier alpha value is -1.26. The zero-order chi connectivity index (χ0) is 9.64. The average Bonchev–Trinajstić information content (AvgIpc) is 2.92. The van der Waals surface area contributed by atoms with Gasteiger partial charge in [0.15, 0.2) is 0 Å². The normalized spacial score (nSPS) is 9.43. The van der Waals surface area contributed by atoms with Crippen molar-refractivity contribution in [3.8, 4) is 0 Å². The molecule has 0 amide bonds. The first-order chi connectivity index (χ1) is 6.97. The maximum absolute atomic E-state index is 4.09. The van der Waals surface area contributed by atoms with Crippen LogP contribution in [0.2, 0.25) is 0 Å². The lowest BCUT2D eigenvalue weighted by Gasteiger charge is -1.81. The van der Waals surface area contributed by atoms with Crippen LogP contribution in [-0.4, -0.2) is 9.97 Å². The molecule has 0 unspecified atom stereocenters. The fourth-order valence-corrected chi connectivity index (χ4v) is 2.07. The lowest BCUT2D eigenvalue weighted by molar-refractivity contribution is 1.31. The molecule has 0 radical (unpaired) electrons. The minimum absolute atomic E-state index is 0.988. The van der Waals surface area contributed by atoms with E-state index in [2.05, 4.69) is 9.97 Å². The fourth-order valence-electron chi connectivity index (χ4n) is 0.931. The highest BCUT2D eigenvalue weighted by Gasteiger charge is 1.90. The van der Waals surface area contributed by atoms with Gasteiger partial charge in [-0.05, 0) is 10.8 Å². The van der Waals surface area contributed by atoms with Gasteiger partial charge in [-0.15, -0.1) is 11.3 Å². The average molecular weight is 220 g/mol. The van der Waals surface area contributed by atoms with Crippen LogP contribution < -0.4 is 0 Å². The van der Waals surface area contributed by atoms with Crippen LogP contribution in [0.3, 0.4) is 0 Å². The molecule has 4 heteroatoms. The van der Waals surface area contributed by atoms with Crippen molar-refractivity contribution in [1.29, 1.82) is 0 Å². The molecule has 0 N–H and O–H groups in total. The molecule has 0 saturated carbocycles. The van der Waals surface area contributed by atoms with Crippen LogP contribution in [0.1, 0.15) is 0 Å². The van der Waals surface area contributed by atoms with Crippen LogP contribution >= 0.6 is 22.7 Å². The predicted octanol–water partition coefficient (Wildman–Crippen LogP) is 3.44. The number of fused-ring (bicyclic) bond motifs is 1. The van der Waals surface area contributed by atoms with E-state index in [1.54, 1.807) is 35.1 Å². The summed E-state index contributed by atoms with van der Waals surface area (Å²) in [5.74, 6) is 0. The van der Waals surface area contributed by atoms with E-state index >= 15 is 0 Å². The van der Waals surface area contributed by atoms with Crippen molar-refractivity contribution < 1.29 is 0 Å². The molecule has 70 valence electrons. The highest BCUT2D eigenvalue weighted by atomic mass is 32.1. The molecule has 3 aromatic heterocycles. The minimum atomic E-state index is 0.988. The lowest BCUT2D eigenvalue weighted by Crippen LogP contribution is -1.73. The predicted molar refractivity (Wildman–Crippen MR) is 61.7 cm³/mol. The molecule has 0 aliphatic rings. The maximum atomic E-state index is 4.09. The Morgan fingerprint density at radius 3 is 1.79 bits per heavy atom. The number of hydrogen-bond donors (Lipinski definition) is 0. The van der Waals surface area contributed by atoms with Gasteiger partial charge in [-0.1, -0.05) is 12.1 Å². The van der Waals surface area contributed by atoms with E-state index < -0.39 is 0 Å². The van der Waals surface area contributed by atoms with Gasteiger partial charge in [-0.3, -0.25) is 9.97 Å². The van der Waals surface area contributed by atoms with E-state index in [1.165, 1.54) is 0 Å². The second kappa shape index (κ2) is 4.83. The molecule has 0 spiro atoms. The van der Waals surface area contributed by atoms with Crippen molar-refractivity contribution in [3.63, 3.8) is 0 Å². The molecular formula is C10H8N2S2. The number of aromatic nitrogens is 2. The molecule has 0 aromatic carbocycles. The molecule has 0 aliphatic heterocycles. The van der Waals surface area contributed by atoms with E-state index in [1.807, 2.05) is 33.7 Å². The number of nitrogens with zero attached hydrogens (tertiary/aromatic N) is 2. The topological polar surface area (TPSA) is 25.8 Å². The summed E-state index contributed by atoms with van der Waals surface area (Å²) in [5.41, 5.74) is 1.98. The van der Waals surface area contributed by atoms with Crippen molar-refractivity contribution in [3.05, 3.63) is 46.0 Å². The number of thiophene rings is 2. The van der Waals surface area contributed by atoms with Gasteiger partial charge in [0.25, 0.3) is 0 Å². The van der Waals surface area contributed by atoms with E-state index in [4.69, 9.17) is 0 Å². The third-order valence-corrected chi connectivity index (χ3v) is 2.89. The van der Waals surface area contributed by atoms with Gasteiger partial charge in [-0.2, -0.15) is 11.3 Å². The van der Waals surface area contributed by atoms with Crippen molar-refractivity contribution in [2.45, 2.75) is 0 Å². The molecule has 0 aliphatic carbocycles. The smallest absolute Gasteiger partial charge is 0.0993 e. The van der Waals surface area contributed by atoms with Crippen molar-refractivity contribution in [2.75, 3.05) is 0 Å². The van der Waals surface area contributed by atoms with Crippen LogP contribution in [0, 0.1) is 0 Å². The monoisotopic (exact) mass is 220 g/mol. The fraction of sp³-hybridized carbons (Fsp3) is 0. The Labute approximate surface area is 89.9 Å². The number of hydrogen-bond acceptors (Lipinski definition) is 4. The highest BCUT2D eigenvalue weighted by molar-refractivity contribution is 7.09. The van der Waals surface area contributed by atoms with Crippen LogP contribution in [0.15, 0.2) is 46.0 Å². The molecule has 3 heterocycles. The van der Waals surface area contributed by atoms with E-state index in [0.717, 1.165) is 11.0 Å². The summed E-state index contributed by atoms with van der Waals surface area (Å²) >= 11 is 3.34. The summed E-state index contributed by atoms with van der Waals surface area (Å²) < 4.78 is 0. The highest BCUT2D eigenvalue weighted by Crippen LogP contribution is 2.11. The molecular weight excluding hydrogens is 212 g/mol. The zero-order valence-corrected chi connectivity index (χ0v) is 8.96. The molecule has 0 atom stereocenters. The molecule has 3 aromatic rings. The summed E-state index contributed by atoms with van der Waals surface area (Å²) in [6.07, 6.45) is 3.41. The third-order valence-electron chi connectivity index (χ3n) is 1.54. The summed E-state index contributed by atoms with van der Waals surface area (Å²) in [4.78, 5) is 8.18. The molecule has 14 heavy (non-hydrogen) atoms. The van der Waals surface area contributed by atoms with Gasteiger partial charge < -0.3 is 0 Å². The Kier molecular flexibility index (Phi) is 3.21.